The molecule has 0 radical (unpaired) electrons. The van der Waals surface area contributed by atoms with E-state index in [1.807, 2.05) is 66.7 Å². The number of furan rings is 1. The van der Waals surface area contributed by atoms with Crippen molar-refractivity contribution in [3.8, 4) is 0 Å². The Morgan fingerprint density at radius 3 is 1.97 bits per heavy atom. The van der Waals surface area contributed by atoms with Gasteiger partial charge in [0.25, 0.3) is 0 Å². The van der Waals surface area contributed by atoms with E-state index in [1.165, 1.54) is 0 Å². The highest BCUT2D eigenvalue weighted by Crippen LogP contribution is 2.35. The molecule has 0 spiro atoms. The lowest BCUT2D eigenvalue weighted by Gasteiger charge is -2.04. The zero-order chi connectivity index (χ0) is 23.2. The minimum Gasteiger partial charge on any atom is -0.475 e. The standard InChI is InChI=1S/C30H22N2O3/c1-3-8-19(9-4-1)24-17-33-29(31-24)21-14-15-26-23(16-21)28-22(12-7-13-27(28)35-26)30-32-25(18-34-30)20-10-5-2-6-11-20/h1-16,24-25H,17-18H2/t24-,25-/m0/s1. The van der Waals surface area contributed by atoms with Gasteiger partial charge in [-0.3, -0.25) is 0 Å². The average molecular weight is 459 g/mol. The molecule has 5 nitrogen and oxygen atoms in total. The second-order valence-corrected chi connectivity index (χ2v) is 8.84. The van der Waals surface area contributed by atoms with Gasteiger partial charge >= 0.3 is 0 Å². The van der Waals surface area contributed by atoms with Crippen LogP contribution < -0.4 is 0 Å². The van der Waals surface area contributed by atoms with Gasteiger partial charge in [-0.25, -0.2) is 9.98 Å². The van der Waals surface area contributed by atoms with Gasteiger partial charge in [-0.2, -0.15) is 0 Å². The maximum absolute atomic E-state index is 6.18. The van der Waals surface area contributed by atoms with Crippen molar-refractivity contribution in [2.24, 2.45) is 9.98 Å². The molecule has 5 aromatic rings. The third-order valence-electron chi connectivity index (χ3n) is 6.64. The minimum absolute atomic E-state index is 0.00801. The molecule has 0 N–H and O–H groups in total. The Bertz CT molecular complexity index is 1600. The van der Waals surface area contributed by atoms with E-state index in [2.05, 4.69) is 30.3 Å². The van der Waals surface area contributed by atoms with Crippen molar-refractivity contribution >= 4 is 33.7 Å². The van der Waals surface area contributed by atoms with Crippen LogP contribution in [0, 0.1) is 0 Å². The summed E-state index contributed by atoms with van der Waals surface area (Å²) in [4.78, 5) is 9.77. The Morgan fingerprint density at radius 1 is 0.600 bits per heavy atom. The predicted molar refractivity (Wildman–Crippen MR) is 137 cm³/mol. The van der Waals surface area contributed by atoms with E-state index in [-0.39, 0.29) is 12.1 Å². The van der Waals surface area contributed by atoms with E-state index in [4.69, 9.17) is 23.9 Å². The van der Waals surface area contributed by atoms with Crippen LogP contribution in [-0.4, -0.2) is 25.0 Å². The Kier molecular flexibility index (Phi) is 4.65. The van der Waals surface area contributed by atoms with Crippen molar-refractivity contribution in [1.82, 2.24) is 0 Å². The van der Waals surface area contributed by atoms with Gasteiger partial charge in [0.15, 0.2) is 0 Å². The summed E-state index contributed by atoms with van der Waals surface area (Å²) >= 11 is 0. The monoisotopic (exact) mass is 458 g/mol. The first-order chi connectivity index (χ1) is 17.3. The number of benzene rings is 4. The van der Waals surface area contributed by atoms with Crippen LogP contribution in [0.4, 0.5) is 0 Å². The van der Waals surface area contributed by atoms with Gasteiger partial charge in [-0.15, -0.1) is 0 Å². The molecule has 0 saturated carbocycles. The Balaban J connectivity index is 1.30. The lowest BCUT2D eigenvalue weighted by atomic mass is 10.0. The molecule has 4 aromatic carbocycles. The van der Waals surface area contributed by atoms with Crippen molar-refractivity contribution in [3.63, 3.8) is 0 Å². The van der Waals surface area contributed by atoms with Gasteiger partial charge in [0.05, 0.1) is 0 Å². The average Bonchev–Trinajstić information content (AvgIpc) is 3.68. The summed E-state index contributed by atoms with van der Waals surface area (Å²) in [7, 11) is 0. The van der Waals surface area contributed by atoms with Crippen LogP contribution in [0.15, 0.2) is 111 Å². The number of hydrogen-bond acceptors (Lipinski definition) is 5. The molecule has 3 heterocycles. The van der Waals surface area contributed by atoms with Gasteiger partial charge in [0.2, 0.25) is 11.8 Å². The number of fused-ring (bicyclic) bond motifs is 3. The highest BCUT2D eigenvalue weighted by Gasteiger charge is 2.26. The largest absolute Gasteiger partial charge is 0.475 e. The molecule has 170 valence electrons. The molecule has 2 aliphatic heterocycles. The molecule has 1 aromatic heterocycles. The Hall–Kier alpha value is -4.38. The zero-order valence-electron chi connectivity index (χ0n) is 18.9. The second-order valence-electron chi connectivity index (χ2n) is 8.84. The van der Waals surface area contributed by atoms with E-state index < -0.39 is 0 Å². The summed E-state index contributed by atoms with van der Waals surface area (Å²) in [6.07, 6.45) is 0. The van der Waals surface area contributed by atoms with Gasteiger partial charge in [0, 0.05) is 21.9 Å². The molecule has 2 aliphatic rings. The topological polar surface area (TPSA) is 56.3 Å². The fourth-order valence-corrected chi connectivity index (χ4v) is 4.88. The van der Waals surface area contributed by atoms with Gasteiger partial charge in [0.1, 0.15) is 36.5 Å². The summed E-state index contributed by atoms with van der Waals surface area (Å²) in [6, 6.07) is 32.6. The van der Waals surface area contributed by atoms with Gasteiger partial charge < -0.3 is 13.9 Å². The third kappa shape index (κ3) is 3.48. The molecule has 0 saturated heterocycles. The minimum atomic E-state index is -0.00801. The van der Waals surface area contributed by atoms with Gasteiger partial charge in [-0.1, -0.05) is 66.7 Å². The van der Waals surface area contributed by atoms with Crippen LogP contribution in [-0.2, 0) is 9.47 Å². The summed E-state index contributed by atoms with van der Waals surface area (Å²) in [5.41, 5.74) is 5.80. The third-order valence-corrected chi connectivity index (χ3v) is 6.64. The van der Waals surface area contributed by atoms with E-state index in [1.54, 1.807) is 0 Å². The molecule has 0 amide bonds. The lowest BCUT2D eigenvalue weighted by Crippen LogP contribution is -2.02. The highest BCUT2D eigenvalue weighted by atomic mass is 16.5. The van der Waals surface area contributed by atoms with Crippen molar-refractivity contribution < 1.29 is 13.9 Å². The molecular formula is C30H22N2O3. The van der Waals surface area contributed by atoms with Crippen LogP contribution in [0.2, 0.25) is 0 Å². The summed E-state index contributed by atoms with van der Waals surface area (Å²) in [6.45, 7) is 1.07. The molecule has 7 rings (SSSR count). The number of hydrogen-bond donors (Lipinski definition) is 0. The molecule has 0 aliphatic carbocycles. The predicted octanol–water partition coefficient (Wildman–Crippen LogP) is 6.62. The fourth-order valence-electron chi connectivity index (χ4n) is 4.88. The maximum Gasteiger partial charge on any atom is 0.217 e. The van der Waals surface area contributed by atoms with E-state index in [0.717, 1.165) is 44.2 Å². The van der Waals surface area contributed by atoms with Crippen molar-refractivity contribution in [1.29, 1.82) is 0 Å². The zero-order valence-corrected chi connectivity index (χ0v) is 18.9. The van der Waals surface area contributed by atoms with E-state index in [9.17, 15) is 0 Å². The summed E-state index contributed by atoms with van der Waals surface area (Å²) in [5.74, 6) is 1.31. The molecule has 0 unspecified atom stereocenters. The maximum atomic E-state index is 6.18. The van der Waals surface area contributed by atoms with Crippen molar-refractivity contribution in [2.45, 2.75) is 12.1 Å². The van der Waals surface area contributed by atoms with Crippen LogP contribution in [0.25, 0.3) is 21.9 Å². The summed E-state index contributed by atoms with van der Waals surface area (Å²) < 4.78 is 18.3. The molecule has 2 atom stereocenters. The SMILES string of the molecule is c1ccc([C@@H]2COC(c3ccc4oc5cccc(C6=N[C@H](c7ccccc7)CO6)c5c4c3)=N2)cc1. The molecule has 35 heavy (non-hydrogen) atoms. The Labute approximate surface area is 202 Å². The number of aliphatic imine (C=N–C) groups is 2. The highest BCUT2D eigenvalue weighted by molar-refractivity contribution is 6.17. The van der Waals surface area contributed by atoms with Crippen molar-refractivity contribution in [3.05, 3.63) is 119 Å². The normalized spacial score (nSPS) is 19.4. The number of rotatable bonds is 4. The first-order valence-corrected chi connectivity index (χ1v) is 11.8. The first-order valence-electron chi connectivity index (χ1n) is 11.8. The fraction of sp³-hybridized carbons (Fsp3) is 0.133. The number of ether oxygens (including phenoxy) is 2. The van der Waals surface area contributed by atoms with Crippen molar-refractivity contribution in [2.75, 3.05) is 13.2 Å². The Morgan fingerprint density at radius 2 is 1.26 bits per heavy atom. The van der Waals surface area contributed by atoms with Gasteiger partial charge in [-0.05, 0) is 41.5 Å². The molecular weight excluding hydrogens is 436 g/mol. The number of nitrogens with zero attached hydrogens (tertiary/aromatic N) is 2. The smallest absolute Gasteiger partial charge is 0.217 e. The van der Waals surface area contributed by atoms with E-state index >= 15 is 0 Å². The quantitative estimate of drug-likeness (QED) is 0.304. The summed E-state index contributed by atoms with van der Waals surface area (Å²) in [5, 5.41) is 1.99. The molecule has 0 fully saturated rings. The van der Waals surface area contributed by atoms with Crippen LogP contribution in [0.1, 0.15) is 34.3 Å². The first kappa shape index (κ1) is 20.0. The van der Waals surface area contributed by atoms with E-state index in [0.29, 0.717) is 25.0 Å². The van der Waals surface area contributed by atoms with Crippen LogP contribution in [0.3, 0.4) is 0 Å². The second kappa shape index (κ2) is 8.13. The molecule has 5 heteroatoms. The molecule has 0 bridgehead atoms. The van der Waals surface area contributed by atoms with Crippen LogP contribution in [0.5, 0.6) is 0 Å². The van der Waals surface area contributed by atoms with Crippen LogP contribution >= 0.6 is 0 Å². The lowest BCUT2D eigenvalue weighted by molar-refractivity contribution is 0.320.